The van der Waals surface area contributed by atoms with Crippen LogP contribution in [-0.4, -0.2) is 18.4 Å². The zero-order valence-corrected chi connectivity index (χ0v) is 13.5. The largest absolute Gasteiger partial charge is 0.351 e. The lowest BCUT2D eigenvalue weighted by molar-refractivity contribution is -0.119. The molecule has 114 valence electrons. The number of hydrogen-bond acceptors (Lipinski definition) is 3. The SMILES string of the molecule is CC(=O)NCc1ccc(C(=O)N2CCc3ccc(C)cc32)s1. The molecule has 0 unspecified atom stereocenters. The van der Waals surface area contributed by atoms with Gasteiger partial charge in [-0.3, -0.25) is 9.59 Å². The number of hydrogen-bond donors (Lipinski definition) is 1. The predicted octanol–water partition coefficient (Wildman–Crippen LogP) is 2.90. The van der Waals surface area contributed by atoms with Crippen molar-refractivity contribution in [1.29, 1.82) is 0 Å². The molecule has 22 heavy (non-hydrogen) atoms. The first-order chi connectivity index (χ1) is 10.5. The smallest absolute Gasteiger partial charge is 0.268 e. The van der Waals surface area contributed by atoms with Gasteiger partial charge in [0.2, 0.25) is 5.91 Å². The van der Waals surface area contributed by atoms with Crippen LogP contribution < -0.4 is 10.2 Å². The molecule has 4 nitrogen and oxygen atoms in total. The van der Waals surface area contributed by atoms with Crippen molar-refractivity contribution in [2.24, 2.45) is 0 Å². The Morgan fingerprint density at radius 1 is 1.27 bits per heavy atom. The molecule has 1 aliphatic heterocycles. The minimum absolute atomic E-state index is 0.0448. The van der Waals surface area contributed by atoms with Crippen molar-refractivity contribution in [2.75, 3.05) is 11.4 Å². The quantitative estimate of drug-likeness (QED) is 0.947. The molecule has 0 spiro atoms. The van der Waals surface area contributed by atoms with E-state index >= 15 is 0 Å². The number of thiophene rings is 1. The van der Waals surface area contributed by atoms with Gasteiger partial charge in [0.05, 0.1) is 11.4 Å². The van der Waals surface area contributed by atoms with Crippen LogP contribution in [0.5, 0.6) is 0 Å². The van der Waals surface area contributed by atoms with Gasteiger partial charge in [0, 0.05) is 24.0 Å². The number of nitrogens with zero attached hydrogens (tertiary/aromatic N) is 1. The molecule has 0 fully saturated rings. The molecule has 2 heterocycles. The minimum atomic E-state index is -0.0646. The van der Waals surface area contributed by atoms with Gasteiger partial charge in [-0.1, -0.05) is 12.1 Å². The van der Waals surface area contributed by atoms with Crippen molar-refractivity contribution in [3.63, 3.8) is 0 Å². The summed E-state index contributed by atoms with van der Waals surface area (Å²) in [5.74, 6) is -0.0198. The maximum Gasteiger partial charge on any atom is 0.268 e. The van der Waals surface area contributed by atoms with Gasteiger partial charge >= 0.3 is 0 Å². The van der Waals surface area contributed by atoms with Crippen molar-refractivity contribution >= 4 is 28.8 Å². The van der Waals surface area contributed by atoms with Crippen molar-refractivity contribution in [1.82, 2.24) is 5.32 Å². The Balaban J connectivity index is 1.78. The third-order valence-electron chi connectivity index (χ3n) is 3.77. The van der Waals surface area contributed by atoms with Gasteiger partial charge in [-0.15, -0.1) is 11.3 Å². The zero-order chi connectivity index (χ0) is 15.7. The standard InChI is InChI=1S/C17H18N2O2S/c1-11-3-4-13-7-8-19(15(13)9-11)17(21)16-6-5-14(22-16)10-18-12(2)20/h3-6,9H,7-8,10H2,1-2H3,(H,18,20). The Labute approximate surface area is 133 Å². The lowest BCUT2D eigenvalue weighted by Gasteiger charge is -2.16. The van der Waals surface area contributed by atoms with E-state index in [-0.39, 0.29) is 11.8 Å². The zero-order valence-electron chi connectivity index (χ0n) is 12.7. The van der Waals surface area contributed by atoms with E-state index in [2.05, 4.69) is 23.5 Å². The molecular weight excluding hydrogens is 296 g/mol. The topological polar surface area (TPSA) is 49.4 Å². The second kappa shape index (κ2) is 5.93. The molecule has 1 aromatic heterocycles. The summed E-state index contributed by atoms with van der Waals surface area (Å²) in [4.78, 5) is 27.2. The van der Waals surface area contributed by atoms with E-state index in [4.69, 9.17) is 0 Å². The normalized spacial score (nSPS) is 13.1. The number of benzene rings is 1. The summed E-state index contributed by atoms with van der Waals surface area (Å²) in [6, 6.07) is 10.0. The minimum Gasteiger partial charge on any atom is -0.351 e. The number of rotatable bonds is 3. The molecule has 0 aliphatic carbocycles. The number of carbonyl (C=O) groups is 2. The summed E-state index contributed by atoms with van der Waals surface area (Å²) in [7, 11) is 0. The molecule has 0 radical (unpaired) electrons. The summed E-state index contributed by atoms with van der Waals surface area (Å²) in [5.41, 5.74) is 3.42. The maximum absolute atomic E-state index is 12.7. The Morgan fingerprint density at radius 2 is 2.09 bits per heavy atom. The van der Waals surface area contributed by atoms with Gasteiger partial charge in [0.15, 0.2) is 0 Å². The Hall–Kier alpha value is -2.14. The maximum atomic E-state index is 12.7. The fraction of sp³-hybridized carbons (Fsp3) is 0.294. The van der Waals surface area contributed by atoms with E-state index in [1.165, 1.54) is 23.8 Å². The van der Waals surface area contributed by atoms with Crippen LogP contribution in [0.1, 0.15) is 32.6 Å². The van der Waals surface area contributed by atoms with Crippen LogP contribution in [0.15, 0.2) is 30.3 Å². The second-order valence-corrected chi connectivity index (χ2v) is 6.68. The highest BCUT2D eigenvalue weighted by Crippen LogP contribution is 2.31. The van der Waals surface area contributed by atoms with Crippen molar-refractivity contribution in [3.05, 3.63) is 51.2 Å². The van der Waals surface area contributed by atoms with Gasteiger partial charge in [-0.25, -0.2) is 0 Å². The van der Waals surface area contributed by atoms with Crippen molar-refractivity contribution < 1.29 is 9.59 Å². The van der Waals surface area contributed by atoms with Gasteiger partial charge in [-0.2, -0.15) is 0 Å². The van der Waals surface area contributed by atoms with Gasteiger partial charge in [0.1, 0.15) is 0 Å². The Bertz CT molecular complexity index is 736. The number of anilines is 1. The summed E-state index contributed by atoms with van der Waals surface area (Å²) in [6.45, 7) is 4.74. The molecule has 0 atom stereocenters. The van der Waals surface area contributed by atoms with Crippen LogP contribution in [0, 0.1) is 6.92 Å². The number of carbonyl (C=O) groups excluding carboxylic acids is 2. The number of aryl methyl sites for hydroxylation is 1. The van der Waals surface area contributed by atoms with E-state index < -0.39 is 0 Å². The fourth-order valence-corrected chi connectivity index (χ4v) is 3.53. The van der Waals surface area contributed by atoms with Gasteiger partial charge in [0.25, 0.3) is 5.91 Å². The van der Waals surface area contributed by atoms with E-state index in [0.717, 1.165) is 34.0 Å². The van der Waals surface area contributed by atoms with Crippen molar-refractivity contribution in [2.45, 2.75) is 26.8 Å². The van der Waals surface area contributed by atoms with Crippen LogP contribution >= 0.6 is 11.3 Å². The average Bonchev–Trinajstić information content (AvgIpc) is 3.11. The molecular formula is C17H18N2O2S. The molecule has 0 saturated carbocycles. The molecule has 0 bridgehead atoms. The van der Waals surface area contributed by atoms with E-state index in [9.17, 15) is 9.59 Å². The third kappa shape index (κ3) is 2.90. The molecule has 0 saturated heterocycles. The molecule has 1 aromatic carbocycles. The van der Waals surface area contributed by atoms with Crippen LogP contribution in [0.25, 0.3) is 0 Å². The van der Waals surface area contributed by atoms with Crippen LogP contribution in [-0.2, 0) is 17.8 Å². The molecule has 2 aromatic rings. The first-order valence-electron chi connectivity index (χ1n) is 7.29. The molecule has 1 N–H and O–H groups in total. The molecule has 3 rings (SSSR count). The lowest BCUT2D eigenvalue weighted by atomic mass is 10.1. The summed E-state index contributed by atoms with van der Waals surface area (Å²) >= 11 is 1.44. The summed E-state index contributed by atoms with van der Waals surface area (Å²) in [6.07, 6.45) is 0.908. The molecule has 1 aliphatic rings. The first-order valence-corrected chi connectivity index (χ1v) is 8.11. The first kappa shape index (κ1) is 14.8. The Kier molecular flexibility index (Phi) is 3.98. The monoisotopic (exact) mass is 314 g/mol. The van der Waals surface area contributed by atoms with Crippen LogP contribution in [0.2, 0.25) is 0 Å². The highest BCUT2D eigenvalue weighted by atomic mass is 32.1. The fourth-order valence-electron chi connectivity index (χ4n) is 2.63. The van der Waals surface area contributed by atoms with Gasteiger partial charge < -0.3 is 10.2 Å². The van der Waals surface area contributed by atoms with Gasteiger partial charge in [-0.05, 0) is 42.7 Å². The van der Waals surface area contributed by atoms with Crippen LogP contribution in [0.3, 0.4) is 0 Å². The average molecular weight is 314 g/mol. The predicted molar refractivity (Wildman–Crippen MR) is 88.4 cm³/mol. The summed E-state index contributed by atoms with van der Waals surface area (Å²) < 4.78 is 0. The Morgan fingerprint density at radius 3 is 2.86 bits per heavy atom. The van der Waals surface area contributed by atoms with E-state index in [0.29, 0.717) is 6.54 Å². The number of amides is 2. The number of fused-ring (bicyclic) bond motifs is 1. The molecule has 2 amide bonds. The summed E-state index contributed by atoms with van der Waals surface area (Å²) in [5, 5.41) is 2.75. The highest BCUT2D eigenvalue weighted by molar-refractivity contribution is 7.14. The number of nitrogens with one attached hydrogen (secondary N) is 1. The van der Waals surface area contributed by atoms with E-state index in [1.54, 1.807) is 0 Å². The highest BCUT2D eigenvalue weighted by Gasteiger charge is 2.26. The van der Waals surface area contributed by atoms with E-state index in [1.807, 2.05) is 24.0 Å². The third-order valence-corrected chi connectivity index (χ3v) is 4.84. The van der Waals surface area contributed by atoms with Crippen molar-refractivity contribution in [3.8, 4) is 0 Å². The van der Waals surface area contributed by atoms with Crippen LogP contribution in [0.4, 0.5) is 5.69 Å². The molecule has 5 heteroatoms. The second-order valence-electron chi connectivity index (χ2n) is 5.51. The lowest BCUT2D eigenvalue weighted by Crippen LogP contribution is -2.28.